The number of hydrogen-bond acceptors (Lipinski definition) is 3. The zero-order valence-electron chi connectivity index (χ0n) is 14.6. The Bertz CT molecular complexity index is 917. The first-order valence-corrected chi connectivity index (χ1v) is 9.83. The van der Waals surface area contributed by atoms with Crippen molar-refractivity contribution in [3.8, 4) is 11.5 Å². The van der Waals surface area contributed by atoms with Gasteiger partial charge in [-0.15, -0.1) is 0 Å². The molecule has 140 valence electrons. The van der Waals surface area contributed by atoms with E-state index in [-0.39, 0.29) is 0 Å². The molecule has 3 aromatic carbocycles. The summed E-state index contributed by atoms with van der Waals surface area (Å²) in [6, 6.07) is 19.2. The molecule has 0 amide bonds. The summed E-state index contributed by atoms with van der Waals surface area (Å²) in [6.45, 7) is 1.04. The molecule has 0 unspecified atom stereocenters. The average molecular weight is 467 g/mol. The van der Waals surface area contributed by atoms with Crippen molar-refractivity contribution in [2.24, 2.45) is 0 Å². The maximum absolute atomic E-state index is 6.03. The van der Waals surface area contributed by atoms with E-state index in [9.17, 15) is 0 Å². The Hall–Kier alpha value is -1.88. The molecule has 0 saturated carbocycles. The second-order valence-electron chi connectivity index (χ2n) is 5.89. The minimum absolute atomic E-state index is 0.401. The van der Waals surface area contributed by atoms with Gasteiger partial charge in [0.05, 0.1) is 11.6 Å². The summed E-state index contributed by atoms with van der Waals surface area (Å²) in [5.74, 6) is 1.33. The van der Waals surface area contributed by atoms with Gasteiger partial charge >= 0.3 is 0 Å². The third-order valence-corrected chi connectivity index (χ3v) is 4.98. The van der Waals surface area contributed by atoms with E-state index in [0.29, 0.717) is 34.7 Å². The van der Waals surface area contributed by atoms with Crippen molar-refractivity contribution in [1.82, 2.24) is 0 Å². The molecule has 6 heteroatoms. The number of halogens is 3. The molecule has 0 aliphatic heterocycles. The SMILES string of the molecule is COc1cc(CNc2ccc(Cl)cc2)cc(Br)c1OCc1cccc(Cl)c1. The van der Waals surface area contributed by atoms with Crippen LogP contribution in [0.1, 0.15) is 11.1 Å². The predicted molar refractivity (Wildman–Crippen MR) is 115 cm³/mol. The molecule has 3 rings (SSSR count). The lowest BCUT2D eigenvalue weighted by Crippen LogP contribution is -2.02. The van der Waals surface area contributed by atoms with Crippen molar-refractivity contribution in [2.75, 3.05) is 12.4 Å². The number of nitrogens with one attached hydrogen (secondary N) is 1. The first-order valence-electron chi connectivity index (χ1n) is 8.28. The maximum Gasteiger partial charge on any atom is 0.175 e. The molecular weight excluding hydrogens is 449 g/mol. The van der Waals surface area contributed by atoms with Gasteiger partial charge in [0, 0.05) is 22.3 Å². The molecule has 0 spiro atoms. The molecule has 0 radical (unpaired) electrons. The highest BCUT2D eigenvalue weighted by atomic mass is 79.9. The predicted octanol–water partition coefficient (Wildman–Crippen LogP) is 6.96. The summed E-state index contributed by atoms with van der Waals surface area (Å²) in [7, 11) is 1.63. The van der Waals surface area contributed by atoms with E-state index in [0.717, 1.165) is 21.3 Å². The smallest absolute Gasteiger partial charge is 0.175 e. The molecule has 0 saturated heterocycles. The number of anilines is 1. The van der Waals surface area contributed by atoms with E-state index >= 15 is 0 Å². The Balaban J connectivity index is 1.71. The lowest BCUT2D eigenvalue weighted by molar-refractivity contribution is 0.282. The van der Waals surface area contributed by atoms with Crippen LogP contribution in [0.2, 0.25) is 10.0 Å². The van der Waals surface area contributed by atoms with Gasteiger partial charge in [-0.05, 0) is 75.6 Å². The quantitative estimate of drug-likeness (QED) is 0.408. The van der Waals surface area contributed by atoms with Gasteiger partial charge in [-0.25, -0.2) is 0 Å². The standard InChI is InChI=1S/C21H18BrCl2NO2/c1-26-20-11-15(12-25-18-7-5-16(23)6-8-18)10-19(22)21(20)27-13-14-3-2-4-17(24)9-14/h2-11,25H,12-13H2,1H3. The fraction of sp³-hybridized carbons (Fsp3) is 0.143. The van der Waals surface area contributed by atoms with Gasteiger partial charge in [-0.3, -0.25) is 0 Å². The van der Waals surface area contributed by atoms with Crippen molar-refractivity contribution >= 4 is 44.8 Å². The van der Waals surface area contributed by atoms with E-state index in [1.807, 2.05) is 60.7 Å². The number of ether oxygens (including phenoxy) is 2. The molecule has 27 heavy (non-hydrogen) atoms. The van der Waals surface area contributed by atoms with Crippen LogP contribution in [-0.4, -0.2) is 7.11 Å². The summed E-state index contributed by atoms with van der Waals surface area (Å²) >= 11 is 15.5. The Morgan fingerprint density at radius 1 is 0.926 bits per heavy atom. The Morgan fingerprint density at radius 3 is 2.41 bits per heavy atom. The third kappa shape index (κ3) is 5.55. The van der Waals surface area contributed by atoms with Gasteiger partial charge in [-0.1, -0.05) is 35.3 Å². The molecule has 3 aromatic rings. The monoisotopic (exact) mass is 465 g/mol. The van der Waals surface area contributed by atoms with E-state index in [4.69, 9.17) is 32.7 Å². The van der Waals surface area contributed by atoms with Crippen molar-refractivity contribution in [3.05, 3.63) is 86.3 Å². The maximum atomic E-state index is 6.03. The number of hydrogen-bond donors (Lipinski definition) is 1. The molecule has 0 aliphatic carbocycles. The minimum atomic E-state index is 0.401. The van der Waals surface area contributed by atoms with Crippen LogP contribution in [-0.2, 0) is 13.2 Å². The van der Waals surface area contributed by atoms with Gasteiger partial charge in [-0.2, -0.15) is 0 Å². The molecular formula is C21H18BrCl2NO2. The fourth-order valence-corrected chi connectivity index (χ4v) is 3.51. The summed E-state index contributed by atoms with van der Waals surface area (Å²) in [5, 5.41) is 4.76. The van der Waals surface area contributed by atoms with Gasteiger partial charge in [0.25, 0.3) is 0 Å². The minimum Gasteiger partial charge on any atom is -0.493 e. The van der Waals surface area contributed by atoms with Crippen LogP contribution >= 0.6 is 39.1 Å². The topological polar surface area (TPSA) is 30.5 Å². The zero-order chi connectivity index (χ0) is 19.2. The van der Waals surface area contributed by atoms with Crippen molar-refractivity contribution in [1.29, 1.82) is 0 Å². The van der Waals surface area contributed by atoms with Gasteiger partial charge < -0.3 is 14.8 Å². The average Bonchev–Trinajstić information content (AvgIpc) is 2.66. The highest BCUT2D eigenvalue weighted by molar-refractivity contribution is 9.10. The molecule has 0 aromatic heterocycles. The third-order valence-electron chi connectivity index (χ3n) is 3.90. The van der Waals surface area contributed by atoms with Crippen LogP contribution in [0.5, 0.6) is 11.5 Å². The molecule has 0 aliphatic rings. The summed E-state index contributed by atoms with van der Waals surface area (Å²) in [5.41, 5.74) is 3.05. The Morgan fingerprint density at radius 2 is 1.70 bits per heavy atom. The molecule has 0 atom stereocenters. The van der Waals surface area contributed by atoms with Crippen LogP contribution in [0, 0.1) is 0 Å². The zero-order valence-corrected chi connectivity index (χ0v) is 17.7. The Labute approximate surface area is 177 Å². The molecule has 0 bridgehead atoms. The molecule has 1 N–H and O–H groups in total. The Kier molecular flexibility index (Phi) is 6.89. The molecule has 0 heterocycles. The largest absolute Gasteiger partial charge is 0.493 e. The molecule has 3 nitrogen and oxygen atoms in total. The highest BCUT2D eigenvalue weighted by Gasteiger charge is 2.12. The van der Waals surface area contributed by atoms with Crippen molar-refractivity contribution in [3.63, 3.8) is 0 Å². The lowest BCUT2D eigenvalue weighted by Gasteiger charge is -2.15. The van der Waals surface area contributed by atoms with Crippen LogP contribution in [0.4, 0.5) is 5.69 Å². The summed E-state index contributed by atoms with van der Waals surface area (Å²) in [6.07, 6.45) is 0. The van der Waals surface area contributed by atoms with Crippen LogP contribution in [0.15, 0.2) is 65.1 Å². The van der Waals surface area contributed by atoms with E-state index in [1.54, 1.807) is 7.11 Å². The van der Waals surface area contributed by atoms with E-state index in [1.165, 1.54) is 0 Å². The van der Waals surface area contributed by atoms with Gasteiger partial charge in [0.1, 0.15) is 6.61 Å². The highest BCUT2D eigenvalue weighted by Crippen LogP contribution is 2.37. The first kappa shape index (κ1) is 19.9. The number of methoxy groups -OCH3 is 1. The van der Waals surface area contributed by atoms with Crippen LogP contribution in [0.3, 0.4) is 0 Å². The van der Waals surface area contributed by atoms with Gasteiger partial charge in [0.15, 0.2) is 11.5 Å². The van der Waals surface area contributed by atoms with Crippen LogP contribution < -0.4 is 14.8 Å². The first-order chi connectivity index (χ1) is 13.0. The lowest BCUT2D eigenvalue weighted by atomic mass is 10.2. The van der Waals surface area contributed by atoms with E-state index < -0.39 is 0 Å². The van der Waals surface area contributed by atoms with E-state index in [2.05, 4.69) is 21.2 Å². The second-order valence-corrected chi connectivity index (χ2v) is 7.62. The fourth-order valence-electron chi connectivity index (χ4n) is 2.57. The van der Waals surface area contributed by atoms with Crippen LogP contribution in [0.25, 0.3) is 0 Å². The second kappa shape index (κ2) is 9.36. The number of rotatable bonds is 7. The van der Waals surface area contributed by atoms with Gasteiger partial charge in [0.2, 0.25) is 0 Å². The summed E-state index contributed by atoms with van der Waals surface area (Å²) in [4.78, 5) is 0. The van der Waals surface area contributed by atoms with Crippen molar-refractivity contribution in [2.45, 2.75) is 13.2 Å². The number of benzene rings is 3. The normalized spacial score (nSPS) is 10.5. The molecule has 0 fully saturated rings. The van der Waals surface area contributed by atoms with Crippen molar-refractivity contribution < 1.29 is 9.47 Å². The summed E-state index contributed by atoms with van der Waals surface area (Å²) < 4.78 is 12.3.